The predicted molar refractivity (Wildman–Crippen MR) is 183 cm³/mol. The SMILES string of the molecule is C=C(/C=C/C=C1/N(C)c2ccc3ccccc3c2C1(C)C)C(C)(Cc1ccccc1C)c1c(C)ccc2ccccc12. The first-order valence-corrected chi connectivity index (χ1v) is 15.0. The molecule has 0 bridgehead atoms. The zero-order valence-corrected chi connectivity index (χ0v) is 25.8. The summed E-state index contributed by atoms with van der Waals surface area (Å²) in [6.45, 7) is 16.3. The largest absolute Gasteiger partial charge is 0.347 e. The lowest BCUT2D eigenvalue weighted by Gasteiger charge is -2.35. The Kier molecular flexibility index (Phi) is 6.93. The highest BCUT2D eigenvalue weighted by molar-refractivity contribution is 5.95. The van der Waals surface area contributed by atoms with Gasteiger partial charge in [-0.2, -0.15) is 0 Å². The van der Waals surface area contributed by atoms with Gasteiger partial charge in [0.05, 0.1) is 0 Å². The number of nitrogens with zero attached hydrogens (tertiary/aromatic N) is 1. The summed E-state index contributed by atoms with van der Waals surface area (Å²) in [7, 11) is 2.19. The van der Waals surface area contributed by atoms with Crippen LogP contribution in [0.15, 0.2) is 133 Å². The van der Waals surface area contributed by atoms with E-state index in [9.17, 15) is 0 Å². The summed E-state index contributed by atoms with van der Waals surface area (Å²) in [5.74, 6) is 0. The maximum Gasteiger partial charge on any atom is 0.0454 e. The molecule has 1 nitrogen and oxygen atoms in total. The second-order valence-corrected chi connectivity index (χ2v) is 12.7. The molecule has 1 heteroatoms. The van der Waals surface area contributed by atoms with Crippen LogP contribution in [0.25, 0.3) is 21.5 Å². The lowest BCUT2D eigenvalue weighted by Crippen LogP contribution is -2.28. The van der Waals surface area contributed by atoms with Gasteiger partial charge < -0.3 is 4.90 Å². The van der Waals surface area contributed by atoms with Crippen molar-refractivity contribution in [1.82, 2.24) is 0 Å². The molecule has 1 aliphatic heterocycles. The molecule has 0 fully saturated rings. The Balaban J connectivity index is 1.43. The van der Waals surface area contributed by atoms with Gasteiger partial charge in [0.1, 0.15) is 0 Å². The summed E-state index contributed by atoms with van der Waals surface area (Å²) < 4.78 is 0. The van der Waals surface area contributed by atoms with Crippen LogP contribution in [0.3, 0.4) is 0 Å². The van der Waals surface area contributed by atoms with Crippen LogP contribution >= 0.6 is 0 Å². The molecular weight excluding hydrogens is 506 g/mol. The van der Waals surface area contributed by atoms with Crippen LogP contribution in [-0.4, -0.2) is 7.05 Å². The van der Waals surface area contributed by atoms with E-state index in [1.54, 1.807) is 0 Å². The van der Waals surface area contributed by atoms with Crippen molar-refractivity contribution < 1.29 is 0 Å². The highest BCUT2D eigenvalue weighted by Crippen LogP contribution is 2.50. The highest BCUT2D eigenvalue weighted by atomic mass is 15.2. The van der Waals surface area contributed by atoms with Crippen molar-refractivity contribution in [2.75, 3.05) is 11.9 Å². The average Bonchev–Trinajstić information content (AvgIpc) is 3.18. The summed E-state index contributed by atoms with van der Waals surface area (Å²) in [6.07, 6.45) is 7.65. The van der Waals surface area contributed by atoms with Crippen molar-refractivity contribution in [3.05, 3.63) is 161 Å². The van der Waals surface area contributed by atoms with Gasteiger partial charge in [0.2, 0.25) is 0 Å². The van der Waals surface area contributed by atoms with Crippen molar-refractivity contribution in [3.8, 4) is 0 Å². The topological polar surface area (TPSA) is 3.24 Å². The van der Waals surface area contributed by atoms with Crippen LogP contribution in [-0.2, 0) is 17.3 Å². The van der Waals surface area contributed by atoms with E-state index < -0.39 is 0 Å². The van der Waals surface area contributed by atoms with Crippen LogP contribution in [0.1, 0.15) is 48.6 Å². The maximum atomic E-state index is 4.75. The van der Waals surface area contributed by atoms with Crippen molar-refractivity contribution in [1.29, 1.82) is 0 Å². The van der Waals surface area contributed by atoms with E-state index in [1.807, 2.05) is 0 Å². The van der Waals surface area contributed by atoms with Gasteiger partial charge in [0.15, 0.2) is 0 Å². The first-order valence-electron chi connectivity index (χ1n) is 15.0. The lowest BCUT2D eigenvalue weighted by atomic mass is 9.68. The van der Waals surface area contributed by atoms with Crippen molar-refractivity contribution >= 4 is 27.2 Å². The number of likely N-dealkylation sites (N-methyl/N-ethyl adjacent to an activating group) is 1. The summed E-state index contributed by atoms with van der Waals surface area (Å²) >= 11 is 0. The number of aryl methyl sites for hydroxylation is 2. The van der Waals surface area contributed by atoms with Crippen LogP contribution in [0.5, 0.6) is 0 Å². The first-order chi connectivity index (χ1) is 20.1. The highest BCUT2D eigenvalue weighted by Gasteiger charge is 2.39. The lowest BCUT2D eigenvalue weighted by molar-refractivity contribution is 0.567. The standard InChI is InChI=1S/C41H41N/c1-28-15-8-9-19-33(28)27-41(6,38-29(2)23-24-31-17-10-12-20-34(31)38)30(3)16-14-22-37-40(4,5)39-35-21-13-11-18-32(35)25-26-36(39)42(37)7/h8-26H,3,27H2,1-2,4-7H3/b16-14+,37-22+. The third kappa shape index (κ3) is 4.49. The van der Waals surface area contributed by atoms with Gasteiger partial charge in [-0.05, 0) is 87.3 Å². The molecule has 210 valence electrons. The van der Waals surface area contributed by atoms with Gasteiger partial charge in [-0.15, -0.1) is 0 Å². The van der Waals surface area contributed by atoms with Crippen molar-refractivity contribution in [3.63, 3.8) is 0 Å². The molecule has 1 atom stereocenters. The molecule has 0 saturated heterocycles. The van der Waals surface area contributed by atoms with Gasteiger partial charge in [0.25, 0.3) is 0 Å². The third-order valence-corrected chi connectivity index (χ3v) is 9.65. The molecule has 0 radical (unpaired) electrons. The Labute approximate surface area is 251 Å². The van der Waals surface area contributed by atoms with Crippen LogP contribution < -0.4 is 4.90 Å². The molecule has 5 aromatic carbocycles. The number of rotatable bonds is 6. The van der Waals surface area contributed by atoms with Crippen LogP contribution in [0, 0.1) is 13.8 Å². The first kappa shape index (κ1) is 27.8. The monoisotopic (exact) mass is 547 g/mol. The number of fused-ring (bicyclic) bond motifs is 4. The van der Waals surface area contributed by atoms with E-state index in [2.05, 4.69) is 162 Å². The van der Waals surface area contributed by atoms with E-state index >= 15 is 0 Å². The van der Waals surface area contributed by atoms with E-state index in [4.69, 9.17) is 6.58 Å². The Hall–Kier alpha value is -4.36. The Morgan fingerprint density at radius 3 is 2.14 bits per heavy atom. The molecule has 0 saturated carbocycles. The summed E-state index contributed by atoms with van der Waals surface area (Å²) in [5.41, 5.74) is 10.0. The van der Waals surface area contributed by atoms with Gasteiger partial charge in [-0.25, -0.2) is 0 Å². The predicted octanol–water partition coefficient (Wildman–Crippen LogP) is 10.5. The van der Waals surface area contributed by atoms with Gasteiger partial charge >= 0.3 is 0 Å². The molecular formula is C41H41N. The molecule has 0 amide bonds. The molecule has 1 heterocycles. The zero-order valence-electron chi connectivity index (χ0n) is 25.8. The minimum absolute atomic E-state index is 0.118. The molecule has 1 unspecified atom stereocenters. The summed E-state index contributed by atoms with van der Waals surface area (Å²) in [5, 5.41) is 5.20. The average molecular weight is 548 g/mol. The van der Waals surface area contributed by atoms with Crippen molar-refractivity contribution in [2.45, 2.75) is 51.9 Å². The van der Waals surface area contributed by atoms with E-state index in [1.165, 1.54) is 60.7 Å². The number of benzene rings is 5. The number of hydrogen-bond acceptors (Lipinski definition) is 1. The zero-order chi connectivity index (χ0) is 29.6. The minimum Gasteiger partial charge on any atom is -0.347 e. The summed E-state index contributed by atoms with van der Waals surface area (Å²) in [4.78, 5) is 2.36. The number of anilines is 1. The van der Waals surface area contributed by atoms with Crippen molar-refractivity contribution in [2.24, 2.45) is 0 Å². The quantitative estimate of drug-likeness (QED) is 0.191. The molecule has 0 spiro atoms. The number of hydrogen-bond donors (Lipinski definition) is 0. The van der Waals surface area contributed by atoms with Gasteiger partial charge in [0, 0.05) is 29.3 Å². The smallest absolute Gasteiger partial charge is 0.0454 e. The Morgan fingerprint density at radius 2 is 1.40 bits per heavy atom. The molecule has 42 heavy (non-hydrogen) atoms. The normalized spacial score (nSPS) is 16.8. The van der Waals surface area contributed by atoms with Crippen LogP contribution in [0.4, 0.5) is 5.69 Å². The molecule has 6 rings (SSSR count). The van der Waals surface area contributed by atoms with Gasteiger partial charge in [-0.3, -0.25) is 0 Å². The maximum absolute atomic E-state index is 4.75. The summed E-state index contributed by atoms with van der Waals surface area (Å²) in [6, 6.07) is 35.3. The fourth-order valence-electron chi connectivity index (χ4n) is 7.30. The molecule has 0 aromatic heterocycles. The van der Waals surface area contributed by atoms with Gasteiger partial charge in [-0.1, -0.05) is 130 Å². The molecule has 0 N–H and O–H groups in total. The third-order valence-electron chi connectivity index (χ3n) is 9.65. The second-order valence-electron chi connectivity index (χ2n) is 12.7. The van der Waals surface area contributed by atoms with E-state index in [-0.39, 0.29) is 10.8 Å². The van der Waals surface area contributed by atoms with E-state index in [0.29, 0.717) is 0 Å². The van der Waals surface area contributed by atoms with E-state index in [0.717, 1.165) is 12.0 Å². The fourth-order valence-corrected chi connectivity index (χ4v) is 7.30. The fraction of sp³-hybridized carbons (Fsp3) is 0.220. The molecule has 0 aliphatic carbocycles. The second kappa shape index (κ2) is 10.5. The van der Waals surface area contributed by atoms with Crippen LogP contribution in [0.2, 0.25) is 0 Å². The molecule has 5 aromatic rings. The minimum atomic E-state index is -0.289. The number of allylic oxidation sites excluding steroid dienone is 5. The molecule has 1 aliphatic rings. The Bertz CT molecular complexity index is 1900. The Morgan fingerprint density at radius 1 is 0.786 bits per heavy atom.